The van der Waals surface area contributed by atoms with Gasteiger partial charge in [-0.2, -0.15) is 12.6 Å². The fraction of sp³-hybridized carbons (Fsp3) is 0.556. The van der Waals surface area contributed by atoms with Crippen LogP contribution in [0.1, 0.15) is 19.8 Å². The predicted molar refractivity (Wildman–Crippen MR) is 49.5 cm³/mol. The average Bonchev–Trinajstić information content (AvgIpc) is 1.84. The van der Waals surface area contributed by atoms with Crippen molar-refractivity contribution in [2.24, 2.45) is 5.92 Å². The quantitative estimate of drug-likeness (QED) is 0.402. The molecule has 0 saturated heterocycles. The van der Waals surface area contributed by atoms with E-state index in [1.807, 2.05) is 0 Å². The minimum absolute atomic E-state index is 0.365. The van der Waals surface area contributed by atoms with Crippen molar-refractivity contribution in [2.45, 2.75) is 25.0 Å². The molecule has 0 aliphatic heterocycles. The summed E-state index contributed by atoms with van der Waals surface area (Å²) in [5, 5.41) is 0.365. The van der Waals surface area contributed by atoms with Gasteiger partial charge < -0.3 is 0 Å². The SMILES string of the molecule is C=C1CC(S)C(=C)CC1C. The molecule has 56 valence electrons. The fourth-order valence-electron chi connectivity index (χ4n) is 1.27. The van der Waals surface area contributed by atoms with Crippen LogP contribution in [-0.4, -0.2) is 5.25 Å². The number of thiol groups is 1. The van der Waals surface area contributed by atoms with Crippen molar-refractivity contribution in [1.82, 2.24) is 0 Å². The molecule has 0 N–H and O–H groups in total. The molecule has 1 aliphatic carbocycles. The van der Waals surface area contributed by atoms with Crippen LogP contribution in [0.2, 0.25) is 0 Å². The van der Waals surface area contributed by atoms with Gasteiger partial charge in [-0.05, 0) is 18.8 Å². The molecule has 0 heterocycles. The maximum absolute atomic E-state index is 4.40. The number of rotatable bonds is 0. The lowest BCUT2D eigenvalue weighted by Crippen LogP contribution is -2.16. The van der Waals surface area contributed by atoms with Crippen molar-refractivity contribution in [3.63, 3.8) is 0 Å². The van der Waals surface area contributed by atoms with Gasteiger partial charge in [0.25, 0.3) is 0 Å². The topological polar surface area (TPSA) is 0 Å². The Morgan fingerprint density at radius 1 is 1.30 bits per heavy atom. The minimum Gasteiger partial charge on any atom is -0.171 e. The number of allylic oxidation sites excluding steroid dienone is 1. The lowest BCUT2D eigenvalue weighted by atomic mass is 9.84. The fourth-order valence-corrected chi connectivity index (χ4v) is 1.61. The third-order valence-corrected chi connectivity index (χ3v) is 2.74. The van der Waals surface area contributed by atoms with Gasteiger partial charge in [-0.3, -0.25) is 0 Å². The van der Waals surface area contributed by atoms with Crippen molar-refractivity contribution < 1.29 is 0 Å². The molecule has 0 bridgehead atoms. The van der Waals surface area contributed by atoms with E-state index in [4.69, 9.17) is 0 Å². The largest absolute Gasteiger partial charge is 0.171 e. The normalized spacial score (nSPS) is 34.6. The molecule has 1 rings (SSSR count). The Morgan fingerprint density at radius 2 is 1.90 bits per heavy atom. The van der Waals surface area contributed by atoms with Crippen molar-refractivity contribution in [3.8, 4) is 0 Å². The molecule has 0 spiro atoms. The second-order valence-electron chi connectivity index (χ2n) is 3.14. The summed E-state index contributed by atoms with van der Waals surface area (Å²) in [4.78, 5) is 0. The van der Waals surface area contributed by atoms with E-state index in [0.717, 1.165) is 12.8 Å². The van der Waals surface area contributed by atoms with E-state index in [2.05, 4.69) is 32.7 Å². The summed E-state index contributed by atoms with van der Waals surface area (Å²) in [6.45, 7) is 10.2. The van der Waals surface area contributed by atoms with Crippen molar-refractivity contribution >= 4 is 12.6 Å². The van der Waals surface area contributed by atoms with Crippen molar-refractivity contribution in [3.05, 3.63) is 24.3 Å². The van der Waals surface area contributed by atoms with Gasteiger partial charge in [-0.15, -0.1) is 0 Å². The third kappa shape index (κ3) is 1.46. The van der Waals surface area contributed by atoms with Crippen LogP contribution in [0.15, 0.2) is 24.3 Å². The summed E-state index contributed by atoms with van der Waals surface area (Å²) in [7, 11) is 0. The van der Waals surface area contributed by atoms with Gasteiger partial charge in [0.05, 0.1) is 0 Å². The zero-order valence-corrected chi connectivity index (χ0v) is 7.32. The minimum atomic E-state index is 0.365. The Labute approximate surface area is 68.4 Å². The first-order chi connectivity index (χ1) is 4.61. The summed E-state index contributed by atoms with van der Waals surface area (Å²) in [6.07, 6.45) is 2.09. The zero-order chi connectivity index (χ0) is 7.72. The maximum atomic E-state index is 4.40. The second kappa shape index (κ2) is 2.83. The van der Waals surface area contributed by atoms with Crippen LogP contribution in [0.25, 0.3) is 0 Å². The van der Waals surface area contributed by atoms with E-state index in [1.165, 1.54) is 11.1 Å². The van der Waals surface area contributed by atoms with E-state index < -0.39 is 0 Å². The summed E-state index contributed by atoms with van der Waals surface area (Å²) < 4.78 is 0. The van der Waals surface area contributed by atoms with E-state index >= 15 is 0 Å². The van der Waals surface area contributed by atoms with E-state index in [1.54, 1.807) is 0 Å². The Balaban J connectivity index is 2.63. The molecule has 1 heteroatoms. The molecule has 0 aromatic carbocycles. The highest BCUT2D eigenvalue weighted by Gasteiger charge is 2.21. The van der Waals surface area contributed by atoms with Gasteiger partial charge in [0.15, 0.2) is 0 Å². The van der Waals surface area contributed by atoms with Crippen LogP contribution in [0.4, 0.5) is 0 Å². The highest BCUT2D eigenvalue weighted by molar-refractivity contribution is 7.81. The third-order valence-electron chi connectivity index (χ3n) is 2.19. The van der Waals surface area contributed by atoms with Gasteiger partial charge in [0.2, 0.25) is 0 Å². The van der Waals surface area contributed by atoms with Crippen LogP contribution < -0.4 is 0 Å². The molecule has 2 unspecified atom stereocenters. The summed E-state index contributed by atoms with van der Waals surface area (Å²) in [5.74, 6) is 0.621. The lowest BCUT2D eigenvalue weighted by Gasteiger charge is -2.27. The van der Waals surface area contributed by atoms with Gasteiger partial charge in [-0.25, -0.2) is 0 Å². The van der Waals surface area contributed by atoms with Crippen LogP contribution in [0.5, 0.6) is 0 Å². The zero-order valence-electron chi connectivity index (χ0n) is 6.43. The standard InChI is InChI=1S/C9H14S/c1-6-4-8(3)9(10)5-7(6)2/h6,9-10H,2-5H2,1H3. The van der Waals surface area contributed by atoms with E-state index in [0.29, 0.717) is 11.2 Å². The Hall–Kier alpha value is -0.170. The van der Waals surface area contributed by atoms with Crippen molar-refractivity contribution in [1.29, 1.82) is 0 Å². The molecule has 0 aromatic rings. The molecule has 1 saturated carbocycles. The first kappa shape index (κ1) is 7.93. The molecular weight excluding hydrogens is 140 g/mol. The molecule has 1 aliphatic rings. The molecule has 0 amide bonds. The molecular formula is C9H14S. The maximum Gasteiger partial charge on any atom is 0.0260 e. The Kier molecular flexibility index (Phi) is 2.24. The van der Waals surface area contributed by atoms with Crippen LogP contribution in [0, 0.1) is 5.92 Å². The highest BCUT2D eigenvalue weighted by atomic mass is 32.1. The van der Waals surface area contributed by atoms with E-state index in [-0.39, 0.29) is 0 Å². The van der Waals surface area contributed by atoms with Crippen LogP contribution >= 0.6 is 12.6 Å². The molecule has 0 nitrogen and oxygen atoms in total. The number of hydrogen-bond acceptors (Lipinski definition) is 1. The lowest BCUT2D eigenvalue weighted by molar-refractivity contribution is 0.586. The predicted octanol–water partition coefficient (Wildman–Crippen LogP) is 2.83. The van der Waals surface area contributed by atoms with Gasteiger partial charge in [0, 0.05) is 5.25 Å². The van der Waals surface area contributed by atoms with Crippen LogP contribution in [0.3, 0.4) is 0 Å². The average molecular weight is 154 g/mol. The summed E-state index contributed by atoms with van der Waals surface area (Å²) in [6, 6.07) is 0. The van der Waals surface area contributed by atoms with Gasteiger partial charge >= 0.3 is 0 Å². The van der Waals surface area contributed by atoms with Gasteiger partial charge in [-0.1, -0.05) is 31.2 Å². The molecule has 0 radical (unpaired) electrons. The van der Waals surface area contributed by atoms with Crippen molar-refractivity contribution in [2.75, 3.05) is 0 Å². The molecule has 2 atom stereocenters. The Morgan fingerprint density at radius 3 is 2.40 bits per heavy atom. The smallest absolute Gasteiger partial charge is 0.0260 e. The summed E-state index contributed by atoms with van der Waals surface area (Å²) in [5.41, 5.74) is 2.59. The first-order valence-corrected chi connectivity index (χ1v) is 4.16. The number of hydrogen-bond donors (Lipinski definition) is 1. The highest BCUT2D eigenvalue weighted by Crippen LogP contribution is 2.33. The Bertz CT molecular complexity index is 150. The first-order valence-electron chi connectivity index (χ1n) is 3.64. The molecule has 10 heavy (non-hydrogen) atoms. The molecule has 0 aromatic heterocycles. The van der Waals surface area contributed by atoms with Crippen LogP contribution in [-0.2, 0) is 0 Å². The van der Waals surface area contributed by atoms with Gasteiger partial charge in [0.1, 0.15) is 0 Å². The second-order valence-corrected chi connectivity index (χ2v) is 3.76. The summed E-state index contributed by atoms with van der Waals surface area (Å²) >= 11 is 4.40. The monoisotopic (exact) mass is 154 g/mol. The van der Waals surface area contributed by atoms with E-state index in [9.17, 15) is 0 Å². The molecule has 1 fully saturated rings.